The minimum atomic E-state index is 0.281. The molecular formula is C15H25N. The lowest BCUT2D eigenvalue weighted by Crippen LogP contribution is -2.33. The Morgan fingerprint density at radius 2 is 1.75 bits per heavy atom. The van der Waals surface area contributed by atoms with E-state index in [0.29, 0.717) is 5.92 Å². The molecule has 90 valence electrons. The van der Waals surface area contributed by atoms with Crippen molar-refractivity contribution in [3.05, 3.63) is 48.6 Å². The largest absolute Gasteiger partial charge is 0.327 e. The molecule has 1 aliphatic rings. The number of nitrogens with two attached hydrogens (primary N) is 1. The van der Waals surface area contributed by atoms with Gasteiger partial charge in [-0.2, -0.15) is 0 Å². The van der Waals surface area contributed by atoms with Gasteiger partial charge in [-0.05, 0) is 29.9 Å². The second-order valence-electron chi connectivity index (χ2n) is 3.78. The van der Waals surface area contributed by atoms with Gasteiger partial charge in [-0.15, -0.1) is 0 Å². The minimum absolute atomic E-state index is 0.281. The summed E-state index contributed by atoms with van der Waals surface area (Å²) >= 11 is 0. The number of hydrogen-bond donors (Lipinski definition) is 1. The minimum Gasteiger partial charge on any atom is -0.327 e. The molecule has 1 nitrogen and oxygen atoms in total. The molecule has 0 amide bonds. The van der Waals surface area contributed by atoms with Crippen LogP contribution >= 0.6 is 0 Å². The molecule has 1 rings (SSSR count). The number of rotatable bonds is 2. The molecule has 0 aromatic heterocycles. The standard InChI is InChI=1S/C13H19N.C2H6/c1-4-6-11-8-9-13(14)10(3)12(11)7-5-2;1-2/h4-7,10,13H,1-2,8-9,14H2,3H3;1-2H3/b11-6-,12-7-;. The van der Waals surface area contributed by atoms with Crippen LogP contribution in [0.4, 0.5) is 0 Å². The lowest BCUT2D eigenvalue weighted by Gasteiger charge is -2.30. The van der Waals surface area contributed by atoms with Crippen molar-refractivity contribution in [1.29, 1.82) is 0 Å². The fourth-order valence-corrected chi connectivity index (χ4v) is 1.95. The second-order valence-corrected chi connectivity index (χ2v) is 3.78. The summed E-state index contributed by atoms with van der Waals surface area (Å²) in [7, 11) is 0. The molecule has 0 aromatic carbocycles. The summed E-state index contributed by atoms with van der Waals surface area (Å²) in [6, 6.07) is 0.281. The van der Waals surface area contributed by atoms with E-state index in [9.17, 15) is 0 Å². The molecule has 2 atom stereocenters. The van der Waals surface area contributed by atoms with Gasteiger partial charge in [-0.3, -0.25) is 0 Å². The average Bonchev–Trinajstić information content (AvgIpc) is 2.31. The average molecular weight is 219 g/mol. The first kappa shape index (κ1) is 14.9. The van der Waals surface area contributed by atoms with E-state index in [1.807, 2.05) is 26.0 Å². The highest BCUT2D eigenvalue weighted by molar-refractivity contribution is 5.39. The van der Waals surface area contributed by atoms with Crippen LogP contribution in [0.15, 0.2) is 48.6 Å². The Labute approximate surface area is 100 Å². The molecule has 0 radical (unpaired) electrons. The van der Waals surface area contributed by atoms with Crippen molar-refractivity contribution in [3.8, 4) is 0 Å². The molecule has 0 aromatic rings. The van der Waals surface area contributed by atoms with Crippen molar-refractivity contribution in [1.82, 2.24) is 0 Å². The van der Waals surface area contributed by atoms with Crippen molar-refractivity contribution >= 4 is 0 Å². The lowest BCUT2D eigenvalue weighted by atomic mass is 9.78. The highest BCUT2D eigenvalue weighted by atomic mass is 14.7. The van der Waals surface area contributed by atoms with Gasteiger partial charge in [0.15, 0.2) is 0 Å². The monoisotopic (exact) mass is 219 g/mol. The van der Waals surface area contributed by atoms with E-state index in [4.69, 9.17) is 5.73 Å². The molecule has 0 spiro atoms. The fraction of sp³-hybridized carbons (Fsp3) is 0.467. The van der Waals surface area contributed by atoms with E-state index in [-0.39, 0.29) is 6.04 Å². The van der Waals surface area contributed by atoms with Crippen LogP contribution in [-0.2, 0) is 0 Å². The Kier molecular flexibility index (Phi) is 7.57. The van der Waals surface area contributed by atoms with Gasteiger partial charge in [0, 0.05) is 6.04 Å². The predicted octanol–water partition coefficient (Wildman–Crippen LogP) is 3.99. The van der Waals surface area contributed by atoms with Crippen LogP contribution in [0.25, 0.3) is 0 Å². The first-order valence-electron chi connectivity index (χ1n) is 6.11. The van der Waals surface area contributed by atoms with Gasteiger partial charge in [0.2, 0.25) is 0 Å². The summed E-state index contributed by atoms with van der Waals surface area (Å²) in [4.78, 5) is 0. The molecule has 0 saturated heterocycles. The van der Waals surface area contributed by atoms with E-state index in [1.165, 1.54) is 11.1 Å². The van der Waals surface area contributed by atoms with Gasteiger partial charge < -0.3 is 5.73 Å². The van der Waals surface area contributed by atoms with E-state index in [2.05, 4.69) is 32.2 Å². The highest BCUT2D eigenvalue weighted by Crippen LogP contribution is 2.32. The molecule has 1 heteroatoms. The van der Waals surface area contributed by atoms with Crippen LogP contribution in [0.2, 0.25) is 0 Å². The van der Waals surface area contributed by atoms with Gasteiger partial charge in [-0.25, -0.2) is 0 Å². The molecule has 16 heavy (non-hydrogen) atoms. The number of hydrogen-bond acceptors (Lipinski definition) is 1. The molecule has 1 saturated carbocycles. The molecule has 0 aliphatic heterocycles. The molecule has 1 aliphatic carbocycles. The van der Waals surface area contributed by atoms with E-state index in [0.717, 1.165) is 12.8 Å². The Balaban J connectivity index is 0.00000106. The van der Waals surface area contributed by atoms with Gasteiger partial charge >= 0.3 is 0 Å². The predicted molar refractivity (Wildman–Crippen MR) is 74.3 cm³/mol. The van der Waals surface area contributed by atoms with Crippen molar-refractivity contribution in [2.45, 2.75) is 39.7 Å². The molecular weight excluding hydrogens is 194 g/mol. The summed E-state index contributed by atoms with van der Waals surface area (Å²) in [6.07, 6.45) is 9.94. The third-order valence-corrected chi connectivity index (χ3v) is 2.87. The van der Waals surface area contributed by atoms with E-state index < -0.39 is 0 Å². The Morgan fingerprint density at radius 1 is 1.19 bits per heavy atom. The zero-order valence-corrected chi connectivity index (χ0v) is 10.9. The summed E-state index contributed by atoms with van der Waals surface area (Å²) in [5, 5.41) is 0. The maximum atomic E-state index is 6.03. The van der Waals surface area contributed by atoms with Crippen LogP contribution in [0.3, 0.4) is 0 Å². The summed E-state index contributed by atoms with van der Waals surface area (Å²) in [6.45, 7) is 13.6. The second kappa shape index (κ2) is 8.12. The zero-order chi connectivity index (χ0) is 12.6. The summed E-state index contributed by atoms with van der Waals surface area (Å²) in [5.41, 5.74) is 8.70. The van der Waals surface area contributed by atoms with Crippen LogP contribution < -0.4 is 5.73 Å². The quantitative estimate of drug-likeness (QED) is 0.746. The smallest absolute Gasteiger partial charge is 0.0108 e. The van der Waals surface area contributed by atoms with Crippen LogP contribution in [-0.4, -0.2) is 6.04 Å². The van der Waals surface area contributed by atoms with Gasteiger partial charge in [0.05, 0.1) is 0 Å². The van der Waals surface area contributed by atoms with E-state index in [1.54, 1.807) is 0 Å². The van der Waals surface area contributed by atoms with Crippen molar-refractivity contribution in [2.75, 3.05) is 0 Å². The summed E-state index contributed by atoms with van der Waals surface area (Å²) < 4.78 is 0. The third-order valence-electron chi connectivity index (χ3n) is 2.87. The maximum absolute atomic E-state index is 6.03. The number of allylic oxidation sites excluding steroid dienone is 5. The van der Waals surface area contributed by atoms with Crippen LogP contribution in [0.5, 0.6) is 0 Å². The maximum Gasteiger partial charge on any atom is 0.0108 e. The van der Waals surface area contributed by atoms with E-state index >= 15 is 0 Å². The zero-order valence-electron chi connectivity index (χ0n) is 10.9. The normalized spacial score (nSPS) is 29.5. The van der Waals surface area contributed by atoms with Crippen molar-refractivity contribution in [2.24, 2.45) is 11.7 Å². The molecule has 0 bridgehead atoms. The SMILES string of the molecule is C=C/C=C1/CCC(N)C(C)/C1=C/C=C.CC. The fourth-order valence-electron chi connectivity index (χ4n) is 1.95. The first-order chi connectivity index (χ1) is 7.70. The Morgan fingerprint density at radius 3 is 2.25 bits per heavy atom. The molecule has 2 unspecified atom stereocenters. The third kappa shape index (κ3) is 3.82. The Bertz CT molecular complexity index is 284. The Hall–Kier alpha value is -1.08. The van der Waals surface area contributed by atoms with Crippen molar-refractivity contribution in [3.63, 3.8) is 0 Å². The van der Waals surface area contributed by atoms with Crippen molar-refractivity contribution < 1.29 is 0 Å². The van der Waals surface area contributed by atoms with Crippen LogP contribution in [0.1, 0.15) is 33.6 Å². The summed E-state index contributed by atoms with van der Waals surface area (Å²) in [5.74, 6) is 0.424. The van der Waals surface area contributed by atoms with Crippen LogP contribution in [0, 0.1) is 5.92 Å². The topological polar surface area (TPSA) is 26.0 Å². The first-order valence-corrected chi connectivity index (χ1v) is 6.11. The highest BCUT2D eigenvalue weighted by Gasteiger charge is 2.24. The molecule has 0 heterocycles. The lowest BCUT2D eigenvalue weighted by molar-refractivity contribution is 0.454. The molecule has 1 fully saturated rings. The van der Waals surface area contributed by atoms with Gasteiger partial charge in [0.1, 0.15) is 0 Å². The molecule has 2 N–H and O–H groups in total. The van der Waals surface area contributed by atoms with Gasteiger partial charge in [0.25, 0.3) is 0 Å². The van der Waals surface area contributed by atoms with Gasteiger partial charge in [-0.1, -0.05) is 58.2 Å².